The molecular weight excluding hydrogens is 288 g/mol. The molecule has 0 spiro atoms. The molecule has 1 fully saturated rings. The lowest BCUT2D eigenvalue weighted by atomic mass is 9.95. The summed E-state index contributed by atoms with van der Waals surface area (Å²) in [6.07, 6.45) is 2.97. The maximum absolute atomic E-state index is 12.5. The van der Waals surface area contributed by atoms with Crippen LogP contribution < -0.4 is 15.8 Å². The van der Waals surface area contributed by atoms with Gasteiger partial charge in [-0.05, 0) is 51.3 Å². The number of amides is 1. The van der Waals surface area contributed by atoms with Crippen LogP contribution in [0.15, 0.2) is 18.2 Å². The summed E-state index contributed by atoms with van der Waals surface area (Å²) in [4.78, 5) is 12.5. The molecule has 2 atom stereocenters. The Balaban J connectivity index is 2.15. The van der Waals surface area contributed by atoms with Gasteiger partial charge in [-0.15, -0.1) is 0 Å². The van der Waals surface area contributed by atoms with Crippen LogP contribution in [0.4, 0.5) is 5.69 Å². The molecule has 1 aromatic carbocycles. The van der Waals surface area contributed by atoms with E-state index in [1.807, 2.05) is 19.9 Å². The smallest absolute Gasteiger partial charge is 0.227 e. The minimum Gasteiger partial charge on any atom is -0.487 e. The number of nitrogens with one attached hydrogen (secondary N) is 1. The predicted molar refractivity (Wildman–Crippen MR) is 85.7 cm³/mol. The average molecular weight is 311 g/mol. The second-order valence-electron chi connectivity index (χ2n) is 5.81. The number of hydrogen-bond donors (Lipinski definition) is 2. The number of carbonyl (C=O) groups excluding carboxylic acids is 1. The molecule has 1 aliphatic rings. The molecule has 0 heterocycles. The SMILES string of the molecule is CC(C)Oc1c(Cl)cccc1NC(=O)[C@@H]1CCC[C@@H]1CN. The Kier molecular flexibility index (Phi) is 5.48. The van der Waals surface area contributed by atoms with Gasteiger partial charge in [-0.2, -0.15) is 0 Å². The number of para-hydroxylation sites is 1. The zero-order chi connectivity index (χ0) is 15.4. The Labute approximate surface area is 131 Å². The van der Waals surface area contributed by atoms with Gasteiger partial charge in [0.2, 0.25) is 5.91 Å². The van der Waals surface area contributed by atoms with Crippen molar-refractivity contribution < 1.29 is 9.53 Å². The number of halogens is 1. The molecule has 1 aromatic rings. The summed E-state index contributed by atoms with van der Waals surface area (Å²) >= 11 is 6.18. The molecule has 4 nitrogen and oxygen atoms in total. The van der Waals surface area contributed by atoms with Crippen molar-refractivity contribution in [3.63, 3.8) is 0 Å². The van der Waals surface area contributed by atoms with E-state index in [4.69, 9.17) is 22.1 Å². The highest BCUT2D eigenvalue weighted by Gasteiger charge is 2.32. The molecule has 1 saturated carbocycles. The maximum atomic E-state index is 12.5. The van der Waals surface area contributed by atoms with Gasteiger partial charge in [-0.1, -0.05) is 24.1 Å². The summed E-state index contributed by atoms with van der Waals surface area (Å²) < 4.78 is 5.72. The van der Waals surface area contributed by atoms with Gasteiger partial charge in [0.25, 0.3) is 0 Å². The summed E-state index contributed by atoms with van der Waals surface area (Å²) in [5.41, 5.74) is 6.38. The molecule has 116 valence electrons. The molecule has 5 heteroatoms. The lowest BCUT2D eigenvalue weighted by molar-refractivity contribution is -0.120. The van der Waals surface area contributed by atoms with Crippen molar-refractivity contribution in [2.24, 2.45) is 17.6 Å². The third-order valence-electron chi connectivity index (χ3n) is 3.88. The Hall–Kier alpha value is -1.26. The third kappa shape index (κ3) is 3.89. The highest BCUT2D eigenvalue weighted by Crippen LogP contribution is 2.36. The summed E-state index contributed by atoms with van der Waals surface area (Å²) in [6, 6.07) is 5.38. The minimum atomic E-state index is -0.0131. The molecule has 2 rings (SSSR count). The molecule has 1 aliphatic carbocycles. The quantitative estimate of drug-likeness (QED) is 0.875. The van der Waals surface area contributed by atoms with Gasteiger partial charge >= 0.3 is 0 Å². The van der Waals surface area contributed by atoms with Gasteiger partial charge < -0.3 is 15.8 Å². The Morgan fingerprint density at radius 2 is 2.24 bits per heavy atom. The van der Waals surface area contributed by atoms with Crippen molar-refractivity contribution in [3.05, 3.63) is 23.2 Å². The van der Waals surface area contributed by atoms with E-state index in [2.05, 4.69) is 5.32 Å². The molecule has 0 unspecified atom stereocenters. The second kappa shape index (κ2) is 7.14. The molecule has 21 heavy (non-hydrogen) atoms. The molecule has 1 amide bonds. The van der Waals surface area contributed by atoms with Crippen molar-refractivity contribution >= 4 is 23.2 Å². The van der Waals surface area contributed by atoms with E-state index in [0.717, 1.165) is 19.3 Å². The van der Waals surface area contributed by atoms with Gasteiger partial charge in [0.15, 0.2) is 5.75 Å². The second-order valence-corrected chi connectivity index (χ2v) is 6.21. The first-order chi connectivity index (χ1) is 10.0. The van der Waals surface area contributed by atoms with E-state index >= 15 is 0 Å². The Bertz CT molecular complexity index is 505. The van der Waals surface area contributed by atoms with Crippen molar-refractivity contribution in [1.29, 1.82) is 0 Å². The standard InChI is InChI=1S/C16H23ClN2O2/c1-10(2)21-15-13(17)7-4-8-14(15)19-16(20)12-6-3-5-11(12)9-18/h4,7-8,10-12H,3,5-6,9,18H2,1-2H3,(H,19,20)/t11-,12-/m1/s1. The maximum Gasteiger partial charge on any atom is 0.227 e. The van der Waals surface area contributed by atoms with E-state index in [1.54, 1.807) is 12.1 Å². The molecule has 0 saturated heterocycles. The lowest BCUT2D eigenvalue weighted by Gasteiger charge is -2.20. The number of carbonyl (C=O) groups is 1. The van der Waals surface area contributed by atoms with Crippen LogP contribution in [0, 0.1) is 11.8 Å². The highest BCUT2D eigenvalue weighted by molar-refractivity contribution is 6.32. The van der Waals surface area contributed by atoms with Crippen molar-refractivity contribution in [3.8, 4) is 5.75 Å². The first kappa shape index (κ1) is 16.1. The van der Waals surface area contributed by atoms with E-state index in [9.17, 15) is 4.79 Å². The molecule has 0 bridgehead atoms. The molecule has 0 aliphatic heterocycles. The van der Waals surface area contributed by atoms with Crippen LogP contribution >= 0.6 is 11.6 Å². The molecule has 3 N–H and O–H groups in total. The lowest BCUT2D eigenvalue weighted by Crippen LogP contribution is -2.30. The molecule has 0 radical (unpaired) electrons. The van der Waals surface area contributed by atoms with Crippen LogP contribution in [0.3, 0.4) is 0 Å². The monoisotopic (exact) mass is 310 g/mol. The number of ether oxygens (including phenoxy) is 1. The van der Waals surface area contributed by atoms with Crippen LogP contribution in [-0.2, 0) is 4.79 Å². The Morgan fingerprint density at radius 1 is 1.48 bits per heavy atom. The normalized spacial score (nSPS) is 21.6. The minimum absolute atomic E-state index is 0.0103. The number of anilines is 1. The van der Waals surface area contributed by atoms with Crippen molar-refractivity contribution in [2.45, 2.75) is 39.2 Å². The van der Waals surface area contributed by atoms with Gasteiger partial charge in [0, 0.05) is 5.92 Å². The van der Waals surface area contributed by atoms with E-state index < -0.39 is 0 Å². The summed E-state index contributed by atoms with van der Waals surface area (Å²) in [7, 11) is 0. The van der Waals surface area contributed by atoms with E-state index in [0.29, 0.717) is 23.0 Å². The van der Waals surface area contributed by atoms with Crippen LogP contribution in [0.1, 0.15) is 33.1 Å². The topological polar surface area (TPSA) is 64.3 Å². The predicted octanol–water partition coefficient (Wildman–Crippen LogP) is 3.44. The number of benzene rings is 1. The number of rotatable bonds is 5. The van der Waals surface area contributed by atoms with Crippen molar-refractivity contribution in [1.82, 2.24) is 0 Å². The average Bonchev–Trinajstić information content (AvgIpc) is 2.90. The summed E-state index contributed by atoms with van der Waals surface area (Å²) in [5.74, 6) is 0.808. The van der Waals surface area contributed by atoms with Crippen molar-refractivity contribution in [2.75, 3.05) is 11.9 Å². The third-order valence-corrected chi connectivity index (χ3v) is 4.17. The fourth-order valence-electron chi connectivity index (χ4n) is 2.85. The van der Waals surface area contributed by atoms with E-state index in [1.165, 1.54) is 0 Å². The van der Waals surface area contributed by atoms with E-state index in [-0.39, 0.29) is 23.8 Å². The van der Waals surface area contributed by atoms with Gasteiger partial charge in [0.05, 0.1) is 16.8 Å². The summed E-state index contributed by atoms with van der Waals surface area (Å²) in [5, 5.41) is 3.46. The highest BCUT2D eigenvalue weighted by atomic mass is 35.5. The molecular formula is C16H23ClN2O2. The largest absolute Gasteiger partial charge is 0.487 e. The zero-order valence-electron chi connectivity index (χ0n) is 12.6. The number of hydrogen-bond acceptors (Lipinski definition) is 3. The molecule has 0 aromatic heterocycles. The first-order valence-electron chi connectivity index (χ1n) is 7.49. The van der Waals surface area contributed by atoms with Gasteiger partial charge in [-0.25, -0.2) is 0 Å². The first-order valence-corrected chi connectivity index (χ1v) is 7.86. The number of nitrogens with two attached hydrogens (primary N) is 1. The Morgan fingerprint density at radius 3 is 2.90 bits per heavy atom. The van der Waals surface area contributed by atoms with Gasteiger partial charge in [0.1, 0.15) is 0 Å². The van der Waals surface area contributed by atoms with Crippen LogP contribution in [-0.4, -0.2) is 18.6 Å². The van der Waals surface area contributed by atoms with Crippen LogP contribution in [0.2, 0.25) is 5.02 Å². The van der Waals surface area contributed by atoms with Crippen LogP contribution in [0.5, 0.6) is 5.75 Å². The fraction of sp³-hybridized carbons (Fsp3) is 0.562. The fourth-order valence-corrected chi connectivity index (χ4v) is 3.07. The van der Waals surface area contributed by atoms with Gasteiger partial charge in [-0.3, -0.25) is 4.79 Å². The zero-order valence-corrected chi connectivity index (χ0v) is 13.3. The summed E-state index contributed by atoms with van der Waals surface area (Å²) in [6.45, 7) is 4.41. The van der Waals surface area contributed by atoms with Crippen LogP contribution in [0.25, 0.3) is 0 Å².